The van der Waals surface area contributed by atoms with E-state index in [1.165, 1.54) is 5.56 Å². The molecule has 0 N–H and O–H groups in total. The first-order chi connectivity index (χ1) is 10.8. The summed E-state index contributed by atoms with van der Waals surface area (Å²) in [4.78, 5) is 12.3. The topological polar surface area (TPSA) is 26.3 Å². The lowest BCUT2D eigenvalue weighted by atomic mass is 9.87. The molecule has 0 spiro atoms. The number of hydrogen-bond acceptors (Lipinski definition) is 2. The van der Waals surface area contributed by atoms with Gasteiger partial charge in [0.2, 0.25) is 0 Å². The lowest BCUT2D eigenvalue weighted by molar-refractivity contribution is 0.104. The van der Waals surface area contributed by atoms with Crippen LogP contribution in [0.1, 0.15) is 47.8 Å². The van der Waals surface area contributed by atoms with Crippen LogP contribution in [0.15, 0.2) is 48.5 Å². The fourth-order valence-corrected chi connectivity index (χ4v) is 2.39. The van der Waals surface area contributed by atoms with Crippen molar-refractivity contribution in [2.75, 3.05) is 7.11 Å². The van der Waals surface area contributed by atoms with Gasteiger partial charge < -0.3 is 4.74 Å². The molecule has 2 aromatic carbocycles. The number of methoxy groups -OCH3 is 1. The molecule has 2 nitrogen and oxygen atoms in total. The molecular formula is C21H24O2. The van der Waals surface area contributed by atoms with E-state index < -0.39 is 0 Å². The first-order valence-corrected chi connectivity index (χ1v) is 7.79. The van der Waals surface area contributed by atoms with Gasteiger partial charge in [-0.2, -0.15) is 0 Å². The van der Waals surface area contributed by atoms with Gasteiger partial charge in [-0.3, -0.25) is 4.79 Å². The van der Waals surface area contributed by atoms with Crippen molar-refractivity contribution in [1.29, 1.82) is 0 Å². The van der Waals surface area contributed by atoms with Crippen LogP contribution < -0.4 is 4.74 Å². The summed E-state index contributed by atoms with van der Waals surface area (Å²) in [6, 6.07) is 13.8. The summed E-state index contributed by atoms with van der Waals surface area (Å²) in [7, 11) is 1.63. The van der Waals surface area contributed by atoms with Crippen molar-refractivity contribution in [3.05, 3.63) is 70.8 Å². The molecule has 0 fully saturated rings. The summed E-state index contributed by atoms with van der Waals surface area (Å²) >= 11 is 0. The molecule has 0 aliphatic heterocycles. The van der Waals surface area contributed by atoms with Crippen LogP contribution in [-0.2, 0) is 5.41 Å². The van der Waals surface area contributed by atoms with Crippen molar-refractivity contribution in [3.63, 3.8) is 0 Å². The number of rotatable bonds is 4. The van der Waals surface area contributed by atoms with Crippen molar-refractivity contribution in [1.82, 2.24) is 0 Å². The van der Waals surface area contributed by atoms with E-state index in [4.69, 9.17) is 4.74 Å². The lowest BCUT2D eigenvalue weighted by Crippen LogP contribution is -2.10. The zero-order valence-corrected chi connectivity index (χ0v) is 14.5. The van der Waals surface area contributed by atoms with Gasteiger partial charge in [-0.1, -0.05) is 51.1 Å². The van der Waals surface area contributed by atoms with E-state index in [0.717, 1.165) is 16.9 Å². The van der Waals surface area contributed by atoms with E-state index in [1.807, 2.05) is 37.3 Å². The molecule has 0 bridgehead atoms. The highest BCUT2D eigenvalue weighted by atomic mass is 16.5. The quantitative estimate of drug-likeness (QED) is 0.573. The molecule has 2 aromatic rings. The van der Waals surface area contributed by atoms with Gasteiger partial charge in [-0.05, 0) is 53.3 Å². The summed E-state index contributed by atoms with van der Waals surface area (Å²) in [5.41, 5.74) is 4.08. The Labute approximate surface area is 138 Å². The molecule has 2 heteroatoms. The van der Waals surface area contributed by atoms with Crippen LogP contribution in [0.25, 0.3) is 6.08 Å². The average molecular weight is 308 g/mol. The van der Waals surface area contributed by atoms with Gasteiger partial charge in [0.25, 0.3) is 0 Å². The predicted molar refractivity (Wildman–Crippen MR) is 96.2 cm³/mol. The van der Waals surface area contributed by atoms with E-state index in [1.54, 1.807) is 19.3 Å². The molecule has 0 saturated carbocycles. The van der Waals surface area contributed by atoms with E-state index in [9.17, 15) is 4.79 Å². The number of hydrogen-bond donors (Lipinski definition) is 0. The number of carbonyl (C=O) groups is 1. The maximum atomic E-state index is 12.3. The van der Waals surface area contributed by atoms with Crippen LogP contribution in [0.2, 0.25) is 0 Å². The minimum Gasteiger partial charge on any atom is -0.496 e. The molecule has 0 aliphatic rings. The van der Waals surface area contributed by atoms with Crippen molar-refractivity contribution in [2.45, 2.75) is 33.1 Å². The zero-order chi connectivity index (χ0) is 17.0. The Hall–Kier alpha value is -2.35. The van der Waals surface area contributed by atoms with Crippen LogP contribution in [0.5, 0.6) is 5.75 Å². The number of ketones is 1. The molecule has 0 aliphatic carbocycles. The molecule has 0 atom stereocenters. The van der Waals surface area contributed by atoms with E-state index in [0.29, 0.717) is 5.56 Å². The van der Waals surface area contributed by atoms with Gasteiger partial charge in [0, 0.05) is 5.56 Å². The van der Waals surface area contributed by atoms with Crippen LogP contribution in [0.4, 0.5) is 0 Å². The van der Waals surface area contributed by atoms with Gasteiger partial charge in [0.15, 0.2) is 5.78 Å². The molecule has 120 valence electrons. The molecule has 0 radical (unpaired) electrons. The molecule has 0 amide bonds. The van der Waals surface area contributed by atoms with Crippen LogP contribution >= 0.6 is 0 Å². The standard InChI is InChI=1S/C21H24O2/c1-15-14-17(9-13-20(15)23-5)19(22)12-8-16-6-10-18(11-7-16)21(2,3)4/h6-14H,1-5H3/b12-8+. The summed E-state index contributed by atoms with van der Waals surface area (Å²) in [5, 5.41) is 0. The minimum absolute atomic E-state index is 0.00403. The highest BCUT2D eigenvalue weighted by Gasteiger charge is 2.12. The SMILES string of the molecule is COc1ccc(C(=O)/C=C/c2ccc(C(C)(C)C)cc2)cc1C. The number of allylic oxidation sites excluding steroid dienone is 1. The smallest absolute Gasteiger partial charge is 0.185 e. The van der Waals surface area contributed by atoms with Crippen molar-refractivity contribution in [3.8, 4) is 5.75 Å². The summed E-state index contributed by atoms with van der Waals surface area (Å²) in [5.74, 6) is 0.791. The molecular weight excluding hydrogens is 284 g/mol. The Bertz CT molecular complexity index is 716. The van der Waals surface area contributed by atoms with Gasteiger partial charge >= 0.3 is 0 Å². The first-order valence-electron chi connectivity index (χ1n) is 7.79. The zero-order valence-electron chi connectivity index (χ0n) is 14.5. The molecule has 2 rings (SSSR count). The predicted octanol–water partition coefficient (Wildman–Crippen LogP) is 5.20. The van der Waals surface area contributed by atoms with E-state index in [-0.39, 0.29) is 11.2 Å². The van der Waals surface area contributed by atoms with Gasteiger partial charge in [-0.15, -0.1) is 0 Å². The van der Waals surface area contributed by atoms with Crippen molar-refractivity contribution >= 4 is 11.9 Å². The third-order valence-corrected chi connectivity index (χ3v) is 3.88. The maximum Gasteiger partial charge on any atom is 0.185 e. The Morgan fingerprint density at radius 2 is 1.70 bits per heavy atom. The molecule has 0 saturated heterocycles. The Morgan fingerprint density at radius 3 is 2.22 bits per heavy atom. The third kappa shape index (κ3) is 4.32. The van der Waals surface area contributed by atoms with E-state index in [2.05, 4.69) is 32.9 Å². The third-order valence-electron chi connectivity index (χ3n) is 3.88. The lowest BCUT2D eigenvalue weighted by Gasteiger charge is -2.18. The fourth-order valence-electron chi connectivity index (χ4n) is 2.39. The number of ether oxygens (including phenoxy) is 1. The minimum atomic E-state index is -0.00403. The van der Waals surface area contributed by atoms with Gasteiger partial charge in [-0.25, -0.2) is 0 Å². The Morgan fingerprint density at radius 1 is 1.04 bits per heavy atom. The molecule has 23 heavy (non-hydrogen) atoms. The fraction of sp³-hybridized carbons (Fsp3) is 0.286. The Balaban J connectivity index is 2.13. The normalized spacial score (nSPS) is 11.7. The number of carbonyl (C=O) groups excluding carboxylic acids is 1. The maximum absolute atomic E-state index is 12.3. The number of aryl methyl sites for hydroxylation is 1. The van der Waals surface area contributed by atoms with E-state index >= 15 is 0 Å². The summed E-state index contributed by atoms with van der Waals surface area (Å²) < 4.78 is 5.22. The first kappa shape index (κ1) is 17.0. The number of benzene rings is 2. The second-order valence-corrected chi connectivity index (χ2v) is 6.75. The second-order valence-electron chi connectivity index (χ2n) is 6.75. The molecule has 0 heterocycles. The highest BCUT2D eigenvalue weighted by Crippen LogP contribution is 2.23. The van der Waals surface area contributed by atoms with Crippen molar-refractivity contribution in [2.24, 2.45) is 0 Å². The Kier molecular flexibility index (Phi) is 5.05. The summed E-state index contributed by atoms with van der Waals surface area (Å²) in [6.45, 7) is 8.50. The largest absolute Gasteiger partial charge is 0.496 e. The molecule has 0 unspecified atom stereocenters. The second kappa shape index (κ2) is 6.82. The van der Waals surface area contributed by atoms with Crippen molar-refractivity contribution < 1.29 is 9.53 Å². The van der Waals surface area contributed by atoms with Gasteiger partial charge in [0.05, 0.1) is 7.11 Å². The molecule has 0 aromatic heterocycles. The summed E-state index contributed by atoms with van der Waals surface area (Å²) in [6.07, 6.45) is 3.47. The monoisotopic (exact) mass is 308 g/mol. The van der Waals surface area contributed by atoms with Gasteiger partial charge in [0.1, 0.15) is 5.75 Å². The highest BCUT2D eigenvalue weighted by molar-refractivity contribution is 6.07. The average Bonchev–Trinajstić information content (AvgIpc) is 2.52. The van der Waals surface area contributed by atoms with Crippen LogP contribution in [0, 0.1) is 6.92 Å². The van der Waals surface area contributed by atoms with Crippen LogP contribution in [0.3, 0.4) is 0 Å². The van der Waals surface area contributed by atoms with Crippen LogP contribution in [-0.4, -0.2) is 12.9 Å².